The summed E-state index contributed by atoms with van der Waals surface area (Å²) in [5.74, 6) is -1.45. The van der Waals surface area contributed by atoms with Gasteiger partial charge in [-0.15, -0.1) is 12.6 Å². The highest BCUT2D eigenvalue weighted by Gasteiger charge is 2.46. The molecule has 0 saturated heterocycles. The first-order valence-corrected chi connectivity index (χ1v) is 30.9. The molecule has 0 spiro atoms. The number of aliphatic carboxylic acids is 1. The van der Waals surface area contributed by atoms with Crippen LogP contribution in [0.25, 0.3) is 27.1 Å². The van der Waals surface area contributed by atoms with Crippen LogP contribution in [0.15, 0.2) is 124 Å². The van der Waals surface area contributed by atoms with E-state index >= 15 is 0 Å². The molecule has 7 rings (SSSR count). The van der Waals surface area contributed by atoms with Crippen molar-refractivity contribution in [1.29, 1.82) is 0 Å². The normalized spacial score (nSPS) is 16.1. The second kappa shape index (κ2) is 22.9. The fraction of sp³-hybridized carbons (Fsp3) is 0.346. The van der Waals surface area contributed by atoms with Gasteiger partial charge in [-0.3, -0.25) is 23.0 Å². The quantitative estimate of drug-likeness (QED) is 0.0210. The second-order valence-electron chi connectivity index (χ2n) is 19.5. The zero-order valence-electron chi connectivity index (χ0n) is 42.2. The lowest BCUT2D eigenvalue weighted by atomic mass is 9.78. The minimum Gasteiger partial charge on any atom is -0.481 e. The first-order valence-electron chi connectivity index (χ1n) is 23.9. The maximum atomic E-state index is 12.7. The number of hydrogen-bond donors (Lipinski definition) is 5. The molecule has 0 aromatic heterocycles. The van der Waals surface area contributed by atoms with E-state index in [1.807, 2.05) is 79.1 Å². The van der Waals surface area contributed by atoms with Gasteiger partial charge in [0.1, 0.15) is 11.4 Å². The van der Waals surface area contributed by atoms with E-state index in [0.717, 1.165) is 58.8 Å². The zero-order valence-corrected chi connectivity index (χ0v) is 46.2. The van der Waals surface area contributed by atoms with Crippen LogP contribution in [-0.4, -0.2) is 105 Å². The van der Waals surface area contributed by atoms with Gasteiger partial charge in [0.05, 0.1) is 21.0 Å². The second-order valence-corrected chi connectivity index (χ2v) is 25.8. The van der Waals surface area contributed by atoms with E-state index in [1.165, 1.54) is 18.2 Å². The summed E-state index contributed by atoms with van der Waals surface area (Å²) in [6.07, 6.45) is 12.1. The van der Waals surface area contributed by atoms with Crippen LogP contribution in [0.3, 0.4) is 0 Å². The average molecular weight is 1140 g/mol. The molecule has 5 aromatic carbocycles. The number of benzene rings is 5. The SMILES string of the molecule is CCCCN1C(=CC=C(C=CC2=[N+](CCCS(=O)(=O)O)c3ccc4c(S(=O)(=O)O)cc(S(=O)(=O)O)cc4c3C2(C)C)c2cccc(CCCCCC(=O)O)c2)C(C)(C)c2c1ccc1ccc(S(=O)(=O)O)cc21.O=S(=O)=O. The van der Waals surface area contributed by atoms with Crippen LogP contribution in [0.1, 0.15) is 102 Å². The van der Waals surface area contributed by atoms with Crippen molar-refractivity contribution in [3.63, 3.8) is 0 Å². The molecule has 0 aliphatic carbocycles. The van der Waals surface area contributed by atoms with Crippen LogP contribution in [-0.2, 0) is 73.1 Å². The van der Waals surface area contributed by atoms with Crippen LogP contribution in [0.2, 0.25) is 0 Å². The molecule has 76 heavy (non-hydrogen) atoms. The monoisotopic (exact) mass is 1140 g/mol. The first-order chi connectivity index (χ1) is 35.3. The Hall–Kier alpha value is -5.96. The Morgan fingerprint density at radius 3 is 1.97 bits per heavy atom. The van der Waals surface area contributed by atoms with Crippen molar-refractivity contribution in [3.05, 3.63) is 131 Å². The highest BCUT2D eigenvalue weighted by atomic mass is 32.2. The van der Waals surface area contributed by atoms with Crippen molar-refractivity contribution in [2.75, 3.05) is 23.7 Å². The molecule has 408 valence electrons. The van der Waals surface area contributed by atoms with Crippen LogP contribution in [0.4, 0.5) is 11.4 Å². The van der Waals surface area contributed by atoms with E-state index in [-0.39, 0.29) is 35.1 Å². The van der Waals surface area contributed by atoms with Gasteiger partial charge in [-0.05, 0) is 127 Å². The van der Waals surface area contributed by atoms with Crippen molar-refractivity contribution in [2.45, 2.75) is 112 Å². The fourth-order valence-electron chi connectivity index (χ4n) is 10.2. The summed E-state index contributed by atoms with van der Waals surface area (Å²) in [5, 5.41) is 10.7. The number of aryl methyl sites for hydroxylation is 1. The molecule has 5 aromatic rings. The Balaban J connectivity index is 0.00000226. The van der Waals surface area contributed by atoms with Crippen molar-refractivity contribution < 1.29 is 79.0 Å². The maximum Gasteiger partial charge on any atom is 0.425 e. The molecule has 5 N–H and O–H groups in total. The number of allylic oxidation sites excluding steroid dienone is 6. The number of carbonyl (C=O) groups is 1. The maximum absolute atomic E-state index is 12.7. The molecule has 0 bridgehead atoms. The van der Waals surface area contributed by atoms with E-state index in [9.17, 15) is 56.7 Å². The number of anilines is 1. The lowest BCUT2D eigenvalue weighted by molar-refractivity contribution is -0.437. The smallest absolute Gasteiger partial charge is 0.425 e. The third-order valence-electron chi connectivity index (χ3n) is 13.6. The Bertz CT molecular complexity index is 3860. The van der Waals surface area contributed by atoms with Crippen molar-refractivity contribution >= 4 is 101 Å². The van der Waals surface area contributed by atoms with Crippen molar-refractivity contribution in [3.8, 4) is 0 Å². The largest absolute Gasteiger partial charge is 0.481 e. The van der Waals surface area contributed by atoms with Gasteiger partial charge in [-0.2, -0.15) is 38.2 Å². The summed E-state index contributed by atoms with van der Waals surface area (Å²) >= 11 is 0. The molecule has 2 heterocycles. The van der Waals surface area contributed by atoms with Gasteiger partial charge < -0.3 is 10.0 Å². The summed E-state index contributed by atoms with van der Waals surface area (Å²) in [6.45, 7) is 10.5. The molecular weight excluding hydrogens is 1080 g/mol. The Kier molecular flexibility index (Phi) is 17.9. The van der Waals surface area contributed by atoms with Gasteiger partial charge in [-0.1, -0.05) is 76.1 Å². The predicted octanol–water partition coefficient (Wildman–Crippen LogP) is 8.69. The lowest BCUT2D eigenvalue weighted by Gasteiger charge is -2.27. The molecular formula is C52H59N2O17S5+. The van der Waals surface area contributed by atoms with Crippen LogP contribution < -0.4 is 4.90 Å². The van der Waals surface area contributed by atoms with E-state index in [4.69, 9.17) is 17.7 Å². The number of hydrogen-bond acceptors (Lipinski definition) is 13. The van der Waals surface area contributed by atoms with Crippen LogP contribution in [0, 0.1) is 0 Å². The first kappa shape index (κ1) is 59.3. The van der Waals surface area contributed by atoms with E-state index in [1.54, 1.807) is 12.1 Å². The van der Waals surface area contributed by atoms with Gasteiger partial charge >= 0.3 is 16.6 Å². The molecule has 2 aliphatic heterocycles. The Morgan fingerprint density at radius 1 is 0.697 bits per heavy atom. The summed E-state index contributed by atoms with van der Waals surface area (Å²) in [7, 11) is -22.1. The van der Waals surface area contributed by atoms with Gasteiger partial charge in [0.2, 0.25) is 5.69 Å². The van der Waals surface area contributed by atoms with Crippen molar-refractivity contribution in [1.82, 2.24) is 0 Å². The Labute approximate surface area is 444 Å². The zero-order chi connectivity index (χ0) is 56.3. The summed E-state index contributed by atoms with van der Waals surface area (Å²) in [4.78, 5) is 11.6. The predicted molar refractivity (Wildman–Crippen MR) is 288 cm³/mol. The number of nitrogens with zero attached hydrogens (tertiary/aromatic N) is 2. The minimum atomic E-state index is -5.04. The van der Waals surface area contributed by atoms with Gasteiger partial charge in [-0.25, -0.2) is 0 Å². The van der Waals surface area contributed by atoms with Crippen molar-refractivity contribution in [2.24, 2.45) is 0 Å². The highest BCUT2D eigenvalue weighted by molar-refractivity contribution is 7.87. The molecule has 0 atom stereocenters. The molecule has 24 heteroatoms. The standard InChI is InChI=1S/C52H58N2O14S4.O3S/c1-6-7-27-53-43-23-18-36-17-21-38(70(60,61)62)31-41(36)49(43)51(2,3)46(53)25-19-35(37-15-11-14-34(30-37)13-9-8-10-16-48(55)56)20-26-47-52(4,5)50-42-32-39(71(63,64)65)33-45(72(66,67)68)40(42)22-24-44(50)54(47)28-12-29-69(57,58)59;1-4(2)3/h11,14-15,17-26,30-33H,6-10,12-13,16,27-29H2,1-5H3,(H4-,55,56,57,58,59,60,61,62,63,64,65,66,67,68);/p+1. The fourth-order valence-corrected chi connectivity index (χ4v) is 12.5. The average Bonchev–Trinajstić information content (AvgIpc) is 3.66. The minimum absolute atomic E-state index is 0.0249. The molecule has 2 aliphatic rings. The summed E-state index contributed by atoms with van der Waals surface area (Å²) < 4.78 is 167. The highest BCUT2D eigenvalue weighted by Crippen LogP contribution is 2.52. The van der Waals surface area contributed by atoms with E-state index < -0.39 is 83.4 Å². The van der Waals surface area contributed by atoms with Crippen LogP contribution in [0.5, 0.6) is 0 Å². The van der Waals surface area contributed by atoms with Gasteiger partial charge in [0, 0.05) is 59.3 Å². The molecule has 0 radical (unpaired) electrons. The third-order valence-corrected chi connectivity index (χ3v) is 16.9. The number of carboxylic acid groups (broad SMARTS) is 1. The molecule has 0 amide bonds. The number of rotatable bonds is 20. The molecule has 0 unspecified atom stereocenters. The summed E-state index contributed by atoms with van der Waals surface area (Å²) in [6, 6.07) is 21.2. The molecule has 0 fully saturated rings. The lowest BCUT2D eigenvalue weighted by Crippen LogP contribution is -2.28. The Morgan fingerprint density at radius 2 is 1.36 bits per heavy atom. The molecule has 0 saturated carbocycles. The molecule has 19 nitrogen and oxygen atoms in total. The number of unbranched alkanes of at least 4 members (excludes halogenated alkanes) is 3. The van der Waals surface area contributed by atoms with E-state index in [0.29, 0.717) is 59.8 Å². The van der Waals surface area contributed by atoms with Gasteiger partial charge in [0.25, 0.3) is 40.5 Å². The third kappa shape index (κ3) is 13.6. The van der Waals surface area contributed by atoms with Crippen LogP contribution >= 0.6 is 0 Å². The number of fused-ring (bicyclic) bond motifs is 6. The topological polar surface area (TPSA) is 312 Å². The summed E-state index contributed by atoms with van der Waals surface area (Å²) in [5.41, 5.74) is 4.81. The van der Waals surface area contributed by atoms with Gasteiger partial charge in [0.15, 0.2) is 5.71 Å². The number of carboxylic acids is 1. The van der Waals surface area contributed by atoms with E-state index in [2.05, 4.69) is 25.7 Å².